The van der Waals surface area contributed by atoms with Crippen molar-refractivity contribution in [1.29, 1.82) is 0 Å². The second-order valence-electron chi connectivity index (χ2n) is 6.78. The van der Waals surface area contributed by atoms with Gasteiger partial charge in [0, 0.05) is 25.6 Å². The number of nitrogens with one attached hydrogen (secondary N) is 1. The average Bonchev–Trinajstić information content (AvgIpc) is 3.39. The molecule has 1 aromatic rings. The quantitative estimate of drug-likeness (QED) is 0.869. The van der Waals surface area contributed by atoms with Gasteiger partial charge in [0.15, 0.2) is 0 Å². The number of benzene rings is 1. The molecule has 2 amide bonds. The van der Waals surface area contributed by atoms with Gasteiger partial charge in [-0.2, -0.15) is 0 Å². The molecular weight excluding hydrogens is 311 g/mol. The summed E-state index contributed by atoms with van der Waals surface area (Å²) in [4.78, 5) is 25.8. The third-order valence-corrected chi connectivity index (χ3v) is 4.81. The fraction of sp³-hybridized carbons (Fsp3) is 0.556. The van der Waals surface area contributed by atoms with Gasteiger partial charge in [0.25, 0.3) is 5.91 Å². The molecule has 5 nitrogen and oxygen atoms in total. The van der Waals surface area contributed by atoms with E-state index >= 15 is 0 Å². The van der Waals surface area contributed by atoms with Gasteiger partial charge in [-0.15, -0.1) is 0 Å². The van der Waals surface area contributed by atoms with E-state index in [4.69, 9.17) is 0 Å². The SMILES string of the molecule is O=C(CCC1CCN(C(=O)c2cc(F)ccc2O)CC1)NC1CC1. The Morgan fingerprint density at radius 2 is 1.92 bits per heavy atom. The highest BCUT2D eigenvalue weighted by molar-refractivity contribution is 5.96. The Morgan fingerprint density at radius 1 is 1.21 bits per heavy atom. The van der Waals surface area contributed by atoms with Gasteiger partial charge in [0.2, 0.25) is 5.91 Å². The molecule has 6 heteroatoms. The van der Waals surface area contributed by atoms with Crippen molar-refractivity contribution < 1.29 is 19.1 Å². The van der Waals surface area contributed by atoms with Crippen LogP contribution < -0.4 is 5.32 Å². The molecule has 1 heterocycles. The summed E-state index contributed by atoms with van der Waals surface area (Å²) in [5.41, 5.74) is 0.0114. The number of carbonyl (C=O) groups is 2. The minimum atomic E-state index is -0.535. The van der Waals surface area contributed by atoms with E-state index < -0.39 is 5.82 Å². The molecule has 0 bridgehead atoms. The van der Waals surface area contributed by atoms with Gasteiger partial charge in [0.05, 0.1) is 5.56 Å². The molecule has 1 aromatic carbocycles. The van der Waals surface area contributed by atoms with Gasteiger partial charge >= 0.3 is 0 Å². The van der Waals surface area contributed by atoms with Crippen LogP contribution in [0.4, 0.5) is 4.39 Å². The zero-order valence-corrected chi connectivity index (χ0v) is 13.6. The summed E-state index contributed by atoms with van der Waals surface area (Å²) in [5, 5.41) is 12.7. The fourth-order valence-electron chi connectivity index (χ4n) is 3.14. The number of carbonyl (C=O) groups excluding carboxylic acids is 2. The summed E-state index contributed by atoms with van der Waals surface area (Å²) in [6.07, 6.45) is 5.24. The number of hydrogen-bond donors (Lipinski definition) is 2. The molecule has 1 saturated heterocycles. The smallest absolute Gasteiger partial charge is 0.257 e. The average molecular weight is 334 g/mol. The highest BCUT2D eigenvalue weighted by Gasteiger charge is 2.27. The lowest BCUT2D eigenvalue weighted by molar-refractivity contribution is -0.121. The molecule has 1 aliphatic heterocycles. The van der Waals surface area contributed by atoms with E-state index in [1.165, 1.54) is 6.07 Å². The van der Waals surface area contributed by atoms with E-state index in [0.29, 0.717) is 31.5 Å². The van der Waals surface area contributed by atoms with E-state index in [1.54, 1.807) is 4.90 Å². The van der Waals surface area contributed by atoms with Crippen LogP contribution >= 0.6 is 0 Å². The second-order valence-corrected chi connectivity index (χ2v) is 6.78. The standard InChI is InChI=1S/C18H23FN2O3/c19-13-2-5-16(22)15(11-13)18(24)21-9-7-12(8-10-21)1-6-17(23)20-14-3-4-14/h2,5,11-12,14,22H,1,3-4,6-10H2,(H,20,23). The zero-order valence-electron chi connectivity index (χ0n) is 13.6. The maximum Gasteiger partial charge on any atom is 0.257 e. The van der Waals surface area contributed by atoms with Crippen molar-refractivity contribution in [3.8, 4) is 5.75 Å². The third kappa shape index (κ3) is 4.24. The van der Waals surface area contributed by atoms with Crippen LogP contribution in [0.15, 0.2) is 18.2 Å². The number of piperidine rings is 1. The minimum absolute atomic E-state index is 0.0114. The van der Waals surface area contributed by atoms with Crippen molar-refractivity contribution in [3.63, 3.8) is 0 Å². The van der Waals surface area contributed by atoms with E-state index in [2.05, 4.69) is 5.32 Å². The van der Waals surface area contributed by atoms with Crippen molar-refractivity contribution in [1.82, 2.24) is 10.2 Å². The van der Waals surface area contributed by atoms with Crippen LogP contribution in [0.25, 0.3) is 0 Å². The molecule has 0 radical (unpaired) electrons. The zero-order chi connectivity index (χ0) is 17.1. The van der Waals surface area contributed by atoms with E-state index in [-0.39, 0.29) is 23.1 Å². The molecule has 2 N–H and O–H groups in total. The summed E-state index contributed by atoms with van der Waals surface area (Å²) in [6, 6.07) is 3.81. The summed E-state index contributed by atoms with van der Waals surface area (Å²) in [7, 11) is 0. The van der Waals surface area contributed by atoms with E-state index in [9.17, 15) is 19.1 Å². The third-order valence-electron chi connectivity index (χ3n) is 4.81. The molecule has 0 spiro atoms. The first-order valence-electron chi connectivity index (χ1n) is 8.60. The van der Waals surface area contributed by atoms with Gasteiger partial charge in [0.1, 0.15) is 11.6 Å². The Morgan fingerprint density at radius 3 is 2.58 bits per heavy atom. The van der Waals surface area contributed by atoms with Crippen molar-refractivity contribution in [2.45, 2.75) is 44.6 Å². The summed E-state index contributed by atoms with van der Waals surface area (Å²) >= 11 is 0. The monoisotopic (exact) mass is 334 g/mol. The molecule has 3 rings (SSSR count). The van der Waals surface area contributed by atoms with Gasteiger partial charge in [-0.3, -0.25) is 9.59 Å². The molecule has 1 saturated carbocycles. The summed E-state index contributed by atoms with van der Waals surface area (Å²) in [5.74, 6) is -0.509. The Labute approximate surface area is 140 Å². The Balaban J connectivity index is 1.46. The number of likely N-dealkylation sites (tertiary alicyclic amines) is 1. The van der Waals surface area contributed by atoms with Crippen LogP contribution in [0.1, 0.15) is 48.9 Å². The fourth-order valence-corrected chi connectivity index (χ4v) is 3.14. The topological polar surface area (TPSA) is 69.6 Å². The molecule has 130 valence electrons. The number of amides is 2. The van der Waals surface area contributed by atoms with Gasteiger partial charge in [-0.1, -0.05) is 0 Å². The van der Waals surface area contributed by atoms with E-state index in [1.807, 2.05) is 0 Å². The Kier molecular flexibility index (Phi) is 5.02. The molecule has 2 fully saturated rings. The van der Waals surface area contributed by atoms with Crippen molar-refractivity contribution in [2.75, 3.05) is 13.1 Å². The molecule has 0 atom stereocenters. The van der Waals surface area contributed by atoms with Crippen LogP contribution in [-0.2, 0) is 4.79 Å². The molecule has 1 aliphatic carbocycles. The Hall–Kier alpha value is -2.11. The summed E-state index contributed by atoms with van der Waals surface area (Å²) < 4.78 is 13.3. The lowest BCUT2D eigenvalue weighted by atomic mass is 9.91. The maximum absolute atomic E-state index is 13.3. The lowest BCUT2D eigenvalue weighted by Crippen LogP contribution is -2.38. The number of phenolic OH excluding ortho intramolecular Hbond substituents is 1. The van der Waals surface area contributed by atoms with E-state index in [0.717, 1.165) is 44.2 Å². The van der Waals surface area contributed by atoms with Crippen LogP contribution in [0.2, 0.25) is 0 Å². The first kappa shape index (κ1) is 16.7. The number of hydrogen-bond acceptors (Lipinski definition) is 3. The second kappa shape index (κ2) is 7.20. The number of phenols is 1. The maximum atomic E-state index is 13.3. The normalized spacial score (nSPS) is 18.5. The predicted octanol–water partition coefficient (Wildman–Crippen LogP) is 2.44. The predicted molar refractivity (Wildman–Crippen MR) is 87.1 cm³/mol. The number of nitrogens with zero attached hydrogens (tertiary/aromatic N) is 1. The van der Waals surface area contributed by atoms with Gasteiger partial charge < -0.3 is 15.3 Å². The molecule has 0 aromatic heterocycles. The molecule has 2 aliphatic rings. The van der Waals surface area contributed by atoms with Crippen molar-refractivity contribution in [3.05, 3.63) is 29.6 Å². The number of aromatic hydroxyl groups is 1. The molecule has 24 heavy (non-hydrogen) atoms. The summed E-state index contributed by atoms with van der Waals surface area (Å²) in [6.45, 7) is 1.15. The van der Waals surface area contributed by atoms with Crippen LogP contribution in [-0.4, -0.2) is 41.0 Å². The van der Waals surface area contributed by atoms with Crippen LogP contribution in [0, 0.1) is 11.7 Å². The molecular formula is C18H23FN2O3. The number of halogens is 1. The van der Waals surface area contributed by atoms with Crippen LogP contribution in [0.5, 0.6) is 5.75 Å². The minimum Gasteiger partial charge on any atom is -0.507 e. The first-order chi connectivity index (χ1) is 11.5. The molecule has 0 unspecified atom stereocenters. The number of rotatable bonds is 5. The Bertz CT molecular complexity index is 623. The highest BCUT2D eigenvalue weighted by atomic mass is 19.1. The van der Waals surface area contributed by atoms with Gasteiger partial charge in [-0.05, 0) is 56.2 Å². The van der Waals surface area contributed by atoms with Crippen LogP contribution in [0.3, 0.4) is 0 Å². The van der Waals surface area contributed by atoms with Crippen molar-refractivity contribution >= 4 is 11.8 Å². The van der Waals surface area contributed by atoms with Gasteiger partial charge in [-0.25, -0.2) is 4.39 Å². The largest absolute Gasteiger partial charge is 0.507 e. The van der Waals surface area contributed by atoms with Crippen molar-refractivity contribution in [2.24, 2.45) is 5.92 Å². The highest BCUT2D eigenvalue weighted by Crippen LogP contribution is 2.26. The first-order valence-corrected chi connectivity index (χ1v) is 8.60. The lowest BCUT2D eigenvalue weighted by Gasteiger charge is -2.32.